The van der Waals surface area contributed by atoms with Gasteiger partial charge in [0, 0.05) is 43.3 Å². The molecule has 0 aliphatic carbocycles. The average Bonchev–Trinajstić information content (AvgIpc) is 3.29. The zero-order valence-electron chi connectivity index (χ0n) is 17.3. The number of nitrogens with one attached hydrogen (secondary N) is 1. The first-order valence-corrected chi connectivity index (χ1v) is 11.1. The van der Waals surface area contributed by atoms with Crippen LogP contribution in [0.5, 0.6) is 0 Å². The van der Waals surface area contributed by atoms with Crippen molar-refractivity contribution in [3.05, 3.63) is 68.9 Å². The van der Waals surface area contributed by atoms with Crippen LogP contribution in [0.2, 0.25) is 0 Å². The van der Waals surface area contributed by atoms with Crippen LogP contribution in [-0.2, 0) is 11.2 Å². The van der Waals surface area contributed by atoms with E-state index in [1.807, 2.05) is 65.0 Å². The molecule has 1 unspecified atom stereocenters. The monoisotopic (exact) mass is 422 g/mol. The topological polar surface area (TPSA) is 69.3 Å². The minimum Gasteiger partial charge on any atom is -0.378 e. The highest BCUT2D eigenvalue weighted by molar-refractivity contribution is 7.08. The maximum absolute atomic E-state index is 13.2. The Bertz CT molecular complexity index is 1060. The smallest absolute Gasteiger partial charge is 0.251 e. The van der Waals surface area contributed by atoms with Crippen LogP contribution in [0.25, 0.3) is 11.3 Å². The lowest BCUT2D eigenvalue weighted by molar-refractivity contribution is -0.134. The molecule has 30 heavy (non-hydrogen) atoms. The third-order valence-corrected chi connectivity index (χ3v) is 6.21. The number of likely N-dealkylation sites (tertiary alicyclic amines) is 1. The molecular formula is C23H26N4O2S. The van der Waals surface area contributed by atoms with Gasteiger partial charge in [-0.3, -0.25) is 9.59 Å². The van der Waals surface area contributed by atoms with Gasteiger partial charge in [-0.05, 0) is 48.4 Å². The Morgan fingerprint density at radius 1 is 1.23 bits per heavy atom. The van der Waals surface area contributed by atoms with Crippen LogP contribution >= 0.6 is 11.3 Å². The summed E-state index contributed by atoms with van der Waals surface area (Å²) in [5.41, 5.74) is 3.50. The molecule has 156 valence electrons. The van der Waals surface area contributed by atoms with Crippen molar-refractivity contribution in [3.63, 3.8) is 0 Å². The van der Waals surface area contributed by atoms with E-state index in [4.69, 9.17) is 4.98 Å². The van der Waals surface area contributed by atoms with Crippen LogP contribution in [0.1, 0.15) is 36.7 Å². The number of aromatic nitrogens is 2. The van der Waals surface area contributed by atoms with Crippen molar-refractivity contribution in [1.82, 2.24) is 14.9 Å². The number of nitrogens with zero attached hydrogens (tertiary/aromatic N) is 3. The number of aromatic amines is 1. The Morgan fingerprint density at radius 3 is 2.73 bits per heavy atom. The van der Waals surface area contributed by atoms with Gasteiger partial charge in [-0.2, -0.15) is 11.3 Å². The second-order valence-electron chi connectivity index (χ2n) is 7.86. The van der Waals surface area contributed by atoms with Crippen molar-refractivity contribution in [2.75, 3.05) is 25.5 Å². The largest absolute Gasteiger partial charge is 0.378 e. The standard InChI is InChI=1S/C23H26N4O2S/c1-26(2)18-8-6-16(7-9-18)13-22(29)27-11-4-3-5-20(27)23-24-19(14-21(28)25-23)17-10-12-30-15-17/h6-10,12,14-15,20H,3-5,11,13H2,1-2H3,(H,24,25,28). The highest BCUT2D eigenvalue weighted by Gasteiger charge is 2.30. The van der Waals surface area contributed by atoms with Gasteiger partial charge in [-0.1, -0.05) is 12.1 Å². The summed E-state index contributed by atoms with van der Waals surface area (Å²) in [5.74, 6) is 0.653. The third kappa shape index (κ3) is 4.46. The second kappa shape index (κ2) is 8.83. The quantitative estimate of drug-likeness (QED) is 0.678. The number of amides is 1. The number of rotatable bonds is 5. The zero-order chi connectivity index (χ0) is 21.1. The Balaban J connectivity index is 1.57. The second-order valence-corrected chi connectivity index (χ2v) is 8.64. The molecule has 1 aliphatic heterocycles. The molecule has 2 aromatic heterocycles. The maximum atomic E-state index is 13.2. The fourth-order valence-corrected chi connectivity index (χ4v) is 4.54. The third-order valence-electron chi connectivity index (χ3n) is 5.52. The SMILES string of the molecule is CN(C)c1ccc(CC(=O)N2CCCCC2c2nc(-c3ccsc3)cc(=O)[nH]2)cc1. The summed E-state index contributed by atoms with van der Waals surface area (Å²) < 4.78 is 0. The van der Waals surface area contributed by atoms with E-state index in [1.165, 1.54) is 6.07 Å². The molecule has 1 amide bonds. The van der Waals surface area contributed by atoms with Crippen molar-refractivity contribution >= 4 is 22.9 Å². The molecule has 0 radical (unpaired) electrons. The Labute approximate surface area is 180 Å². The first kappa shape index (κ1) is 20.3. The van der Waals surface area contributed by atoms with E-state index in [9.17, 15) is 9.59 Å². The highest BCUT2D eigenvalue weighted by atomic mass is 32.1. The number of piperidine rings is 1. The molecule has 6 nitrogen and oxygen atoms in total. The number of carbonyl (C=O) groups excluding carboxylic acids is 1. The summed E-state index contributed by atoms with van der Waals surface area (Å²) in [6, 6.07) is 11.3. The molecule has 1 N–H and O–H groups in total. The molecule has 1 aliphatic rings. The van der Waals surface area contributed by atoms with Gasteiger partial charge in [0.1, 0.15) is 5.82 Å². The minimum absolute atomic E-state index is 0.0703. The lowest BCUT2D eigenvalue weighted by Crippen LogP contribution is -2.40. The fourth-order valence-electron chi connectivity index (χ4n) is 3.89. The molecule has 0 bridgehead atoms. The number of benzene rings is 1. The van der Waals surface area contributed by atoms with Crippen LogP contribution in [0, 0.1) is 0 Å². The number of thiophene rings is 1. The van der Waals surface area contributed by atoms with E-state index in [-0.39, 0.29) is 17.5 Å². The number of hydrogen-bond acceptors (Lipinski definition) is 5. The highest BCUT2D eigenvalue weighted by Crippen LogP contribution is 2.30. The van der Waals surface area contributed by atoms with E-state index in [0.717, 1.165) is 36.1 Å². The first-order valence-electron chi connectivity index (χ1n) is 10.2. The predicted octanol–water partition coefficient (Wildman–Crippen LogP) is 3.86. The summed E-state index contributed by atoms with van der Waals surface area (Å²) in [6.07, 6.45) is 3.13. The van der Waals surface area contributed by atoms with Gasteiger partial charge < -0.3 is 14.8 Å². The van der Waals surface area contributed by atoms with Crippen LogP contribution < -0.4 is 10.5 Å². The molecule has 0 spiro atoms. The maximum Gasteiger partial charge on any atom is 0.251 e. The molecule has 7 heteroatoms. The molecule has 4 rings (SSSR count). The number of anilines is 1. The molecular weight excluding hydrogens is 396 g/mol. The molecule has 0 saturated carbocycles. The summed E-state index contributed by atoms with van der Waals surface area (Å²) in [5, 5.41) is 3.95. The molecule has 1 aromatic carbocycles. The van der Waals surface area contributed by atoms with Gasteiger partial charge in [0.25, 0.3) is 5.56 Å². The van der Waals surface area contributed by atoms with Crippen molar-refractivity contribution in [2.24, 2.45) is 0 Å². The van der Waals surface area contributed by atoms with Crippen LogP contribution in [0.15, 0.2) is 52.0 Å². The van der Waals surface area contributed by atoms with Crippen molar-refractivity contribution < 1.29 is 4.79 Å². The molecule has 1 fully saturated rings. The lowest BCUT2D eigenvalue weighted by atomic mass is 9.99. The van der Waals surface area contributed by atoms with Crippen molar-refractivity contribution in [1.29, 1.82) is 0 Å². The Hall–Kier alpha value is -2.93. The fraction of sp³-hybridized carbons (Fsp3) is 0.348. The summed E-state index contributed by atoms with van der Waals surface area (Å²) in [4.78, 5) is 37.0. The average molecular weight is 423 g/mol. The lowest BCUT2D eigenvalue weighted by Gasteiger charge is -2.35. The van der Waals surface area contributed by atoms with E-state index in [0.29, 0.717) is 24.5 Å². The van der Waals surface area contributed by atoms with E-state index in [1.54, 1.807) is 11.3 Å². The van der Waals surface area contributed by atoms with Gasteiger partial charge in [0.15, 0.2) is 0 Å². The normalized spacial score (nSPS) is 16.5. The van der Waals surface area contributed by atoms with E-state index >= 15 is 0 Å². The Morgan fingerprint density at radius 2 is 2.03 bits per heavy atom. The molecule has 1 saturated heterocycles. The number of hydrogen-bond donors (Lipinski definition) is 1. The molecule has 3 aromatic rings. The van der Waals surface area contributed by atoms with Crippen molar-refractivity contribution in [2.45, 2.75) is 31.7 Å². The summed E-state index contributed by atoms with van der Waals surface area (Å²) in [7, 11) is 3.99. The van der Waals surface area contributed by atoms with Gasteiger partial charge in [0.2, 0.25) is 5.91 Å². The van der Waals surface area contributed by atoms with E-state index in [2.05, 4.69) is 4.98 Å². The van der Waals surface area contributed by atoms with Gasteiger partial charge in [0.05, 0.1) is 18.2 Å². The minimum atomic E-state index is -0.196. The van der Waals surface area contributed by atoms with Gasteiger partial charge >= 0.3 is 0 Å². The first-order chi connectivity index (χ1) is 14.5. The zero-order valence-corrected chi connectivity index (χ0v) is 18.1. The molecule has 1 atom stereocenters. The van der Waals surface area contributed by atoms with Gasteiger partial charge in [-0.25, -0.2) is 4.98 Å². The summed E-state index contributed by atoms with van der Waals surface area (Å²) >= 11 is 1.57. The van der Waals surface area contributed by atoms with Crippen LogP contribution in [0.4, 0.5) is 5.69 Å². The number of H-pyrrole nitrogens is 1. The summed E-state index contributed by atoms with van der Waals surface area (Å²) in [6.45, 7) is 0.686. The van der Waals surface area contributed by atoms with Crippen LogP contribution in [0.3, 0.4) is 0 Å². The van der Waals surface area contributed by atoms with Crippen molar-refractivity contribution in [3.8, 4) is 11.3 Å². The van der Waals surface area contributed by atoms with Gasteiger partial charge in [-0.15, -0.1) is 0 Å². The Kier molecular flexibility index (Phi) is 5.99. The molecule has 3 heterocycles. The number of carbonyl (C=O) groups is 1. The van der Waals surface area contributed by atoms with E-state index < -0.39 is 0 Å². The predicted molar refractivity (Wildman–Crippen MR) is 121 cm³/mol. The van der Waals surface area contributed by atoms with Crippen LogP contribution in [-0.4, -0.2) is 41.4 Å².